The summed E-state index contributed by atoms with van der Waals surface area (Å²) in [5, 5.41) is 37.2. The molecule has 7 heteroatoms. The minimum atomic E-state index is -1.46. The molecule has 4 N–H and O–H groups in total. The van der Waals surface area contributed by atoms with Crippen molar-refractivity contribution < 1.29 is 29.4 Å². The summed E-state index contributed by atoms with van der Waals surface area (Å²) in [7, 11) is -1.46. The molecular formula is C8H16O6S. The van der Waals surface area contributed by atoms with Crippen molar-refractivity contribution in [1.82, 2.24) is 0 Å². The van der Waals surface area contributed by atoms with E-state index in [4.69, 9.17) is 9.84 Å². The van der Waals surface area contributed by atoms with E-state index < -0.39 is 47.3 Å². The second-order valence-corrected chi connectivity index (χ2v) is 5.17. The summed E-state index contributed by atoms with van der Waals surface area (Å²) in [6.45, 7) is 1.15. The Labute approximate surface area is 90.0 Å². The van der Waals surface area contributed by atoms with Crippen LogP contribution in [0.5, 0.6) is 0 Å². The average molecular weight is 240 g/mol. The number of ether oxygens (including phenoxy) is 1. The zero-order chi connectivity index (χ0) is 11.6. The largest absolute Gasteiger partial charge is 0.394 e. The van der Waals surface area contributed by atoms with Crippen molar-refractivity contribution in [2.24, 2.45) is 0 Å². The van der Waals surface area contributed by atoms with Gasteiger partial charge in [-0.1, -0.05) is 6.92 Å². The van der Waals surface area contributed by atoms with Gasteiger partial charge in [-0.05, 0) is 0 Å². The van der Waals surface area contributed by atoms with Crippen molar-refractivity contribution >= 4 is 10.8 Å². The van der Waals surface area contributed by atoms with Crippen LogP contribution in [0.2, 0.25) is 0 Å². The standard InChI is InChI=1S/C8H16O6S/c1-2-15(13)8-7(12)6(11)5(10)4(3-9)14-8/h4-12H,2-3H2,1H3/t4-,5-,6+,7-,8+,15?/m1/s1. The molecule has 1 aliphatic rings. The molecule has 1 aliphatic heterocycles. The summed E-state index contributed by atoms with van der Waals surface area (Å²) < 4.78 is 16.5. The van der Waals surface area contributed by atoms with Gasteiger partial charge in [0.15, 0.2) is 5.44 Å². The van der Waals surface area contributed by atoms with E-state index in [1.165, 1.54) is 0 Å². The van der Waals surface area contributed by atoms with E-state index in [0.29, 0.717) is 0 Å². The van der Waals surface area contributed by atoms with Gasteiger partial charge >= 0.3 is 0 Å². The van der Waals surface area contributed by atoms with Gasteiger partial charge in [-0.2, -0.15) is 0 Å². The van der Waals surface area contributed by atoms with E-state index in [1.807, 2.05) is 0 Å². The molecule has 1 saturated heterocycles. The summed E-state index contributed by atoms with van der Waals surface area (Å²) in [5.74, 6) is 0.267. The second-order valence-electron chi connectivity index (χ2n) is 3.37. The fourth-order valence-corrected chi connectivity index (χ4v) is 2.52. The van der Waals surface area contributed by atoms with Gasteiger partial charge < -0.3 is 25.2 Å². The molecule has 0 aromatic heterocycles. The minimum absolute atomic E-state index is 0.267. The lowest BCUT2D eigenvalue weighted by atomic mass is 10.0. The third-order valence-electron chi connectivity index (χ3n) is 2.39. The molecule has 6 atom stereocenters. The van der Waals surface area contributed by atoms with Crippen LogP contribution in [-0.4, -0.2) is 66.8 Å². The number of hydrogen-bond donors (Lipinski definition) is 4. The first-order valence-corrected chi connectivity index (χ1v) is 6.08. The zero-order valence-corrected chi connectivity index (χ0v) is 9.13. The van der Waals surface area contributed by atoms with E-state index in [1.54, 1.807) is 6.92 Å². The smallest absolute Gasteiger partial charge is 0.161 e. The van der Waals surface area contributed by atoms with E-state index in [9.17, 15) is 19.5 Å². The monoisotopic (exact) mass is 240 g/mol. The predicted octanol–water partition coefficient (Wildman–Crippen LogP) is -2.45. The molecule has 1 heterocycles. The first-order valence-electron chi connectivity index (χ1n) is 4.70. The molecule has 0 aliphatic carbocycles. The highest BCUT2D eigenvalue weighted by molar-refractivity contribution is 7.85. The van der Waals surface area contributed by atoms with E-state index >= 15 is 0 Å². The Hall–Kier alpha value is -0.0500. The Balaban J connectivity index is 2.78. The van der Waals surface area contributed by atoms with Crippen LogP contribution in [0.15, 0.2) is 0 Å². The number of aliphatic hydroxyl groups is 4. The maximum Gasteiger partial charge on any atom is 0.161 e. The predicted molar refractivity (Wildman–Crippen MR) is 52.5 cm³/mol. The molecule has 0 aromatic carbocycles. The summed E-state index contributed by atoms with van der Waals surface area (Å²) in [6, 6.07) is 0. The number of hydrogen-bond acceptors (Lipinski definition) is 6. The van der Waals surface area contributed by atoms with Crippen molar-refractivity contribution in [2.75, 3.05) is 12.4 Å². The van der Waals surface area contributed by atoms with Gasteiger partial charge in [0.25, 0.3) is 0 Å². The van der Waals surface area contributed by atoms with Crippen LogP contribution in [0.3, 0.4) is 0 Å². The number of rotatable bonds is 3. The Morgan fingerprint density at radius 2 is 1.80 bits per heavy atom. The molecule has 0 radical (unpaired) electrons. The normalized spacial score (nSPS) is 43.9. The Morgan fingerprint density at radius 1 is 1.20 bits per heavy atom. The molecule has 0 bridgehead atoms. The lowest BCUT2D eigenvalue weighted by molar-refractivity contribution is -0.206. The Morgan fingerprint density at radius 3 is 2.27 bits per heavy atom. The molecule has 0 amide bonds. The van der Waals surface area contributed by atoms with Gasteiger partial charge in [-0.3, -0.25) is 4.21 Å². The van der Waals surface area contributed by atoms with Crippen LogP contribution in [0.4, 0.5) is 0 Å². The van der Waals surface area contributed by atoms with Crippen LogP contribution in [-0.2, 0) is 15.5 Å². The first kappa shape index (κ1) is 13.0. The first-order chi connectivity index (χ1) is 7.02. The molecule has 0 saturated carbocycles. The summed E-state index contributed by atoms with van der Waals surface area (Å²) in [6.07, 6.45) is -5.22. The highest BCUT2D eigenvalue weighted by Gasteiger charge is 2.45. The third-order valence-corrected chi connectivity index (χ3v) is 3.87. The zero-order valence-electron chi connectivity index (χ0n) is 8.31. The minimum Gasteiger partial charge on any atom is -0.394 e. The molecule has 1 fully saturated rings. The summed E-state index contributed by atoms with van der Waals surface area (Å²) in [5.41, 5.74) is -1.06. The molecule has 15 heavy (non-hydrogen) atoms. The van der Waals surface area contributed by atoms with Gasteiger partial charge in [0, 0.05) is 5.75 Å². The summed E-state index contributed by atoms with van der Waals surface area (Å²) in [4.78, 5) is 0. The highest BCUT2D eigenvalue weighted by atomic mass is 32.2. The lowest BCUT2D eigenvalue weighted by Crippen LogP contribution is -2.59. The maximum atomic E-state index is 11.4. The molecule has 0 aromatic rings. The summed E-state index contributed by atoms with van der Waals surface area (Å²) >= 11 is 0. The van der Waals surface area contributed by atoms with E-state index in [0.717, 1.165) is 0 Å². The van der Waals surface area contributed by atoms with Gasteiger partial charge in [0.1, 0.15) is 24.4 Å². The van der Waals surface area contributed by atoms with Crippen molar-refractivity contribution in [3.63, 3.8) is 0 Å². The van der Waals surface area contributed by atoms with Crippen molar-refractivity contribution in [3.8, 4) is 0 Å². The van der Waals surface area contributed by atoms with Crippen molar-refractivity contribution in [2.45, 2.75) is 36.8 Å². The van der Waals surface area contributed by atoms with E-state index in [2.05, 4.69) is 0 Å². The average Bonchev–Trinajstić information content (AvgIpc) is 2.25. The van der Waals surface area contributed by atoms with Crippen LogP contribution >= 0.6 is 0 Å². The molecule has 6 nitrogen and oxygen atoms in total. The van der Waals surface area contributed by atoms with Gasteiger partial charge in [0.05, 0.1) is 17.4 Å². The quantitative estimate of drug-likeness (QED) is 0.436. The van der Waals surface area contributed by atoms with Gasteiger partial charge in [-0.25, -0.2) is 0 Å². The molecule has 0 spiro atoms. The SMILES string of the molecule is CCS(=O)[C@@H]1O[C@H](CO)[C@@H](O)[C@H](O)[C@H]1O. The van der Waals surface area contributed by atoms with Crippen LogP contribution in [0.1, 0.15) is 6.92 Å². The van der Waals surface area contributed by atoms with Gasteiger partial charge in [0.2, 0.25) is 0 Å². The van der Waals surface area contributed by atoms with Crippen LogP contribution < -0.4 is 0 Å². The fourth-order valence-electron chi connectivity index (χ4n) is 1.45. The van der Waals surface area contributed by atoms with E-state index in [-0.39, 0.29) is 5.75 Å². The molecule has 1 unspecified atom stereocenters. The second kappa shape index (κ2) is 5.33. The fraction of sp³-hybridized carbons (Fsp3) is 1.00. The molecule has 90 valence electrons. The number of aliphatic hydroxyl groups excluding tert-OH is 4. The maximum absolute atomic E-state index is 11.4. The highest BCUT2D eigenvalue weighted by Crippen LogP contribution is 2.23. The van der Waals surface area contributed by atoms with Gasteiger partial charge in [-0.15, -0.1) is 0 Å². The lowest BCUT2D eigenvalue weighted by Gasteiger charge is -2.39. The van der Waals surface area contributed by atoms with Crippen LogP contribution in [0.25, 0.3) is 0 Å². The Bertz CT molecular complexity index is 233. The topological polar surface area (TPSA) is 107 Å². The van der Waals surface area contributed by atoms with Crippen molar-refractivity contribution in [3.05, 3.63) is 0 Å². The molecule has 1 rings (SSSR count). The third kappa shape index (κ3) is 2.55. The Kier molecular flexibility index (Phi) is 4.63. The van der Waals surface area contributed by atoms with Crippen molar-refractivity contribution in [1.29, 1.82) is 0 Å². The molecular weight excluding hydrogens is 224 g/mol. The van der Waals surface area contributed by atoms with Crippen LogP contribution in [0, 0.1) is 0 Å².